The van der Waals surface area contributed by atoms with Gasteiger partial charge in [-0.2, -0.15) is 8.78 Å². The summed E-state index contributed by atoms with van der Waals surface area (Å²) in [5.74, 6) is -2.33. The van der Waals surface area contributed by atoms with E-state index < -0.39 is 29.5 Å². The molecule has 0 heterocycles. The van der Waals surface area contributed by atoms with Gasteiger partial charge in [0.1, 0.15) is 25.4 Å². The number of aliphatic hydroxyl groups excluding tert-OH is 1. The van der Waals surface area contributed by atoms with E-state index in [1.807, 2.05) is 0 Å². The van der Waals surface area contributed by atoms with Crippen LogP contribution in [0.2, 0.25) is 0 Å². The molecule has 0 radical (unpaired) electrons. The van der Waals surface area contributed by atoms with Crippen molar-refractivity contribution in [3.05, 3.63) is 0 Å². The maximum Gasteiger partial charge on any atom is 0.376 e. The highest BCUT2D eigenvalue weighted by Crippen LogP contribution is 2.65. The number of ketones is 1. The highest BCUT2D eigenvalue weighted by Gasteiger charge is 2.61. The van der Waals surface area contributed by atoms with Gasteiger partial charge in [0.25, 0.3) is 0 Å². The lowest BCUT2D eigenvalue weighted by Crippen LogP contribution is -2.58. The molecule has 8 aliphatic carbocycles. The Labute approximate surface area is 241 Å². The maximum absolute atomic E-state index is 13.4. The summed E-state index contributed by atoms with van der Waals surface area (Å²) in [7, 11) is 0. The lowest BCUT2D eigenvalue weighted by atomic mass is 9.43. The Morgan fingerprint density at radius 3 is 2.07 bits per heavy atom. The van der Waals surface area contributed by atoms with Gasteiger partial charge in [-0.15, -0.1) is 0 Å². The molecule has 0 aromatic heterocycles. The lowest BCUT2D eigenvalue weighted by Gasteiger charge is -2.61. The molecule has 8 aliphatic rings. The van der Waals surface area contributed by atoms with Gasteiger partial charge in [-0.05, 0) is 117 Å². The van der Waals surface area contributed by atoms with E-state index in [2.05, 4.69) is 6.92 Å². The van der Waals surface area contributed by atoms with Crippen LogP contribution in [0.1, 0.15) is 90.9 Å². The maximum atomic E-state index is 13.4. The number of halogens is 2. The van der Waals surface area contributed by atoms with E-state index in [-0.39, 0.29) is 54.7 Å². The van der Waals surface area contributed by atoms with Crippen LogP contribution in [0, 0.1) is 52.3 Å². The average molecular weight is 581 g/mol. The number of alkyl halides is 2. The van der Waals surface area contributed by atoms with Gasteiger partial charge >= 0.3 is 17.9 Å². The third-order valence-corrected chi connectivity index (χ3v) is 12.2. The van der Waals surface area contributed by atoms with E-state index in [1.165, 1.54) is 32.1 Å². The number of Topliss-reactive ketones (excluding diaryl/α,β-unsaturated/α-hetero) is 1. The van der Waals surface area contributed by atoms with Crippen LogP contribution in [0.25, 0.3) is 0 Å². The number of hydrogen-bond donors (Lipinski definition) is 1. The molecule has 8 bridgehead atoms. The van der Waals surface area contributed by atoms with Crippen molar-refractivity contribution < 1.29 is 42.5 Å². The number of ether oxygens (including phenoxy) is 3. The van der Waals surface area contributed by atoms with E-state index in [9.17, 15) is 28.3 Å². The van der Waals surface area contributed by atoms with Crippen molar-refractivity contribution >= 4 is 17.7 Å². The van der Waals surface area contributed by atoms with E-state index in [1.54, 1.807) is 0 Å². The van der Waals surface area contributed by atoms with Crippen molar-refractivity contribution in [2.24, 2.45) is 52.3 Å². The second-order valence-corrected chi connectivity index (χ2v) is 14.9. The first-order valence-electron chi connectivity index (χ1n) is 15.9. The topological polar surface area (TPSA) is 99.1 Å². The van der Waals surface area contributed by atoms with Crippen LogP contribution < -0.4 is 0 Å². The van der Waals surface area contributed by atoms with Crippen molar-refractivity contribution in [1.82, 2.24) is 0 Å². The molecule has 8 saturated carbocycles. The normalized spacial score (nSPS) is 42.8. The fourth-order valence-corrected chi connectivity index (χ4v) is 10.9. The molecule has 8 rings (SSSR count). The summed E-state index contributed by atoms with van der Waals surface area (Å²) in [6.07, 6.45) is 9.47. The first-order chi connectivity index (χ1) is 19.4. The smallest absolute Gasteiger partial charge is 0.376 e. The van der Waals surface area contributed by atoms with Gasteiger partial charge in [0.15, 0.2) is 5.78 Å². The molecule has 3 atom stereocenters. The van der Waals surface area contributed by atoms with Gasteiger partial charge in [0.2, 0.25) is 0 Å². The zero-order valence-corrected chi connectivity index (χ0v) is 24.5. The minimum atomic E-state index is -3.54. The molecule has 0 aromatic carbocycles. The molecular formula is C32H46F2O7. The molecule has 3 unspecified atom stereocenters. The number of carbonyl (C=O) groups excluding carboxylic acids is 3. The number of esters is 2. The molecular weight excluding hydrogens is 534 g/mol. The van der Waals surface area contributed by atoms with Crippen LogP contribution in [0.4, 0.5) is 8.78 Å². The third kappa shape index (κ3) is 5.47. The van der Waals surface area contributed by atoms with Gasteiger partial charge in [0, 0.05) is 13.3 Å². The Kier molecular flexibility index (Phi) is 7.78. The summed E-state index contributed by atoms with van der Waals surface area (Å²) in [4.78, 5) is 38.1. The molecule has 0 aliphatic heterocycles. The highest BCUT2D eigenvalue weighted by atomic mass is 19.3. The van der Waals surface area contributed by atoms with Crippen LogP contribution in [0.15, 0.2) is 0 Å². The van der Waals surface area contributed by atoms with E-state index >= 15 is 0 Å². The molecule has 0 amide bonds. The Morgan fingerprint density at radius 1 is 0.902 bits per heavy atom. The van der Waals surface area contributed by atoms with Crippen molar-refractivity contribution in [3.63, 3.8) is 0 Å². The summed E-state index contributed by atoms with van der Waals surface area (Å²) in [5, 5.41) is 10.5. The summed E-state index contributed by atoms with van der Waals surface area (Å²) in [5.41, 5.74) is -0.619. The Morgan fingerprint density at radius 2 is 1.51 bits per heavy atom. The molecule has 41 heavy (non-hydrogen) atoms. The first kappa shape index (κ1) is 29.5. The van der Waals surface area contributed by atoms with Crippen molar-refractivity contribution in [2.45, 2.75) is 109 Å². The summed E-state index contributed by atoms with van der Waals surface area (Å²) < 4.78 is 43.3. The monoisotopic (exact) mass is 580 g/mol. The predicted molar refractivity (Wildman–Crippen MR) is 144 cm³/mol. The average Bonchev–Trinajstić information content (AvgIpc) is 2.90. The van der Waals surface area contributed by atoms with Gasteiger partial charge in [-0.3, -0.25) is 9.59 Å². The Bertz CT molecular complexity index is 994. The number of rotatable bonds is 12. The molecule has 0 spiro atoms. The Hall–Kier alpha value is -1.61. The zero-order chi connectivity index (χ0) is 29.2. The molecule has 230 valence electrons. The molecule has 7 nitrogen and oxygen atoms in total. The standard InChI is InChI=1S/C32H46F2O7/c1-3-32(23-7-18-4-19(9-23)10-24(32)8-18)14-25(35)15-39-16-26(36)17-40-29(38)31-11-20-5-21(12-31)27(22(6-20)13-31)41-28(37)30(2,33)34/h18-24,26-27,36H,3-17H2,1-2H3. The minimum Gasteiger partial charge on any atom is -0.462 e. The molecule has 8 fully saturated rings. The third-order valence-electron chi connectivity index (χ3n) is 12.2. The van der Waals surface area contributed by atoms with Crippen LogP contribution in [-0.2, 0) is 28.6 Å². The molecule has 0 saturated heterocycles. The van der Waals surface area contributed by atoms with Crippen LogP contribution in [-0.4, -0.2) is 60.8 Å². The second kappa shape index (κ2) is 10.8. The number of aliphatic hydroxyl groups is 1. The minimum absolute atomic E-state index is 0.0368. The summed E-state index contributed by atoms with van der Waals surface area (Å²) in [6.45, 7) is 2.43. The second-order valence-electron chi connectivity index (χ2n) is 14.9. The van der Waals surface area contributed by atoms with Gasteiger partial charge in [-0.1, -0.05) is 6.92 Å². The quantitative estimate of drug-likeness (QED) is 0.320. The van der Waals surface area contributed by atoms with Crippen molar-refractivity contribution in [2.75, 3.05) is 19.8 Å². The molecule has 9 heteroatoms. The van der Waals surface area contributed by atoms with Gasteiger partial charge in [-0.25, -0.2) is 4.79 Å². The fourth-order valence-electron chi connectivity index (χ4n) is 10.9. The lowest BCUT2D eigenvalue weighted by molar-refractivity contribution is -0.208. The van der Waals surface area contributed by atoms with Crippen LogP contribution in [0.3, 0.4) is 0 Å². The highest BCUT2D eigenvalue weighted by molar-refractivity contribution is 5.80. The van der Waals surface area contributed by atoms with Gasteiger partial charge < -0.3 is 19.3 Å². The van der Waals surface area contributed by atoms with E-state index in [4.69, 9.17) is 14.2 Å². The van der Waals surface area contributed by atoms with Gasteiger partial charge in [0.05, 0.1) is 12.0 Å². The predicted octanol–water partition coefficient (Wildman–Crippen LogP) is 5.11. The first-order valence-corrected chi connectivity index (χ1v) is 15.9. The van der Waals surface area contributed by atoms with E-state index in [0.717, 1.165) is 31.1 Å². The van der Waals surface area contributed by atoms with Crippen LogP contribution >= 0.6 is 0 Å². The van der Waals surface area contributed by atoms with Crippen molar-refractivity contribution in [3.8, 4) is 0 Å². The summed E-state index contributed by atoms with van der Waals surface area (Å²) >= 11 is 0. The van der Waals surface area contributed by atoms with Crippen molar-refractivity contribution in [1.29, 1.82) is 0 Å². The SMILES string of the molecule is CCC1(CC(=O)COCC(O)COC(=O)C23CC4CC(C2)C(OC(=O)C(C)(F)F)C(C4)C3)C2CC3CC(C2)CC1C3. The fraction of sp³-hybridized carbons (Fsp3) is 0.906. The summed E-state index contributed by atoms with van der Waals surface area (Å²) in [6, 6.07) is 0. The van der Waals surface area contributed by atoms with E-state index in [0.29, 0.717) is 44.4 Å². The largest absolute Gasteiger partial charge is 0.462 e. The van der Waals surface area contributed by atoms with Crippen LogP contribution in [0.5, 0.6) is 0 Å². The molecule has 1 N–H and O–H groups in total. The zero-order valence-electron chi connectivity index (χ0n) is 24.5. The number of hydrogen-bond acceptors (Lipinski definition) is 7. The molecule has 0 aromatic rings. The Balaban J connectivity index is 0.950. The number of carbonyl (C=O) groups is 3.